The molecular formula is C18H25NO3. The van der Waals surface area contributed by atoms with Gasteiger partial charge in [-0.15, -0.1) is 0 Å². The molecule has 1 unspecified atom stereocenters. The van der Waals surface area contributed by atoms with Crippen LogP contribution in [0.2, 0.25) is 0 Å². The molecule has 0 aliphatic heterocycles. The van der Waals surface area contributed by atoms with Gasteiger partial charge in [0.15, 0.2) is 0 Å². The Kier molecular flexibility index (Phi) is 7.37. The van der Waals surface area contributed by atoms with Crippen molar-refractivity contribution < 1.29 is 14.3 Å². The first-order chi connectivity index (χ1) is 10.5. The predicted octanol–water partition coefficient (Wildman–Crippen LogP) is 3.50. The number of hydrogen-bond donors (Lipinski definition) is 0. The smallest absolute Gasteiger partial charge is 0.307 e. The molecule has 1 rings (SSSR count). The molecule has 0 aromatic heterocycles. The lowest BCUT2D eigenvalue weighted by Crippen LogP contribution is -2.34. The highest BCUT2D eigenvalue weighted by Crippen LogP contribution is 2.21. The molecule has 0 heterocycles. The van der Waals surface area contributed by atoms with Crippen LogP contribution in [0.15, 0.2) is 42.0 Å². The van der Waals surface area contributed by atoms with Gasteiger partial charge in [-0.3, -0.25) is 9.59 Å². The van der Waals surface area contributed by atoms with Gasteiger partial charge >= 0.3 is 5.97 Å². The van der Waals surface area contributed by atoms with E-state index < -0.39 is 0 Å². The number of allylic oxidation sites excluding steroid dienone is 1. The summed E-state index contributed by atoms with van der Waals surface area (Å²) in [6, 6.07) is 9.70. The number of rotatable bonds is 7. The Balaban J connectivity index is 2.88. The molecule has 4 nitrogen and oxygen atoms in total. The summed E-state index contributed by atoms with van der Waals surface area (Å²) in [6.45, 7) is 8.21. The standard InChI is InChI=1S/C18H25NO3/c1-5-22-18(21)11-12-19(17(20)13-14(2)3)15(4)16-9-7-6-8-10-16/h6-10,13,15H,5,11-12H2,1-4H3. The third-order valence-corrected chi connectivity index (χ3v) is 3.31. The molecule has 0 saturated heterocycles. The SMILES string of the molecule is CCOC(=O)CCN(C(=O)C=C(C)C)C(C)c1ccccc1. The summed E-state index contributed by atoms with van der Waals surface area (Å²) >= 11 is 0. The molecule has 120 valence electrons. The number of carbonyl (C=O) groups is 2. The molecule has 0 spiro atoms. The summed E-state index contributed by atoms with van der Waals surface area (Å²) in [7, 11) is 0. The van der Waals surface area contributed by atoms with Crippen molar-refractivity contribution in [1.82, 2.24) is 4.90 Å². The summed E-state index contributed by atoms with van der Waals surface area (Å²) in [5.41, 5.74) is 1.98. The zero-order chi connectivity index (χ0) is 16.5. The third-order valence-electron chi connectivity index (χ3n) is 3.31. The molecule has 1 amide bonds. The quantitative estimate of drug-likeness (QED) is 0.572. The number of nitrogens with zero attached hydrogens (tertiary/aromatic N) is 1. The van der Waals surface area contributed by atoms with Crippen molar-refractivity contribution >= 4 is 11.9 Å². The number of esters is 1. The maximum Gasteiger partial charge on any atom is 0.307 e. The second kappa shape index (κ2) is 9.03. The lowest BCUT2D eigenvalue weighted by atomic mass is 10.1. The summed E-state index contributed by atoms with van der Waals surface area (Å²) in [5.74, 6) is -0.363. The van der Waals surface area contributed by atoms with E-state index in [0.29, 0.717) is 13.2 Å². The third kappa shape index (κ3) is 5.72. The molecule has 0 N–H and O–H groups in total. The summed E-state index contributed by atoms with van der Waals surface area (Å²) < 4.78 is 4.95. The van der Waals surface area contributed by atoms with Crippen LogP contribution in [0.1, 0.15) is 45.7 Å². The second-order valence-corrected chi connectivity index (χ2v) is 5.39. The molecule has 4 heteroatoms. The average molecular weight is 303 g/mol. The number of hydrogen-bond acceptors (Lipinski definition) is 3. The van der Waals surface area contributed by atoms with Crippen molar-refractivity contribution in [3.05, 3.63) is 47.5 Å². The summed E-state index contributed by atoms with van der Waals surface area (Å²) in [5, 5.41) is 0. The average Bonchev–Trinajstić information content (AvgIpc) is 2.47. The first kappa shape index (κ1) is 18.0. The summed E-state index contributed by atoms with van der Waals surface area (Å²) in [6.07, 6.45) is 1.80. The Morgan fingerprint density at radius 3 is 2.41 bits per heavy atom. The second-order valence-electron chi connectivity index (χ2n) is 5.39. The van der Waals surface area contributed by atoms with E-state index >= 15 is 0 Å². The van der Waals surface area contributed by atoms with Crippen molar-refractivity contribution in [2.75, 3.05) is 13.2 Å². The molecule has 1 atom stereocenters. The minimum absolute atomic E-state index is 0.0827. The Bertz CT molecular complexity index is 518. The molecule has 0 bridgehead atoms. The highest BCUT2D eigenvalue weighted by atomic mass is 16.5. The van der Waals surface area contributed by atoms with Crippen LogP contribution >= 0.6 is 0 Å². The molecule has 0 saturated carbocycles. The van der Waals surface area contributed by atoms with Gasteiger partial charge in [-0.1, -0.05) is 35.9 Å². The van der Waals surface area contributed by atoms with Gasteiger partial charge in [-0.2, -0.15) is 0 Å². The fraction of sp³-hybridized carbons (Fsp3) is 0.444. The van der Waals surface area contributed by atoms with Gasteiger partial charge < -0.3 is 9.64 Å². The fourth-order valence-electron chi connectivity index (χ4n) is 2.18. The molecule has 0 aliphatic carbocycles. The van der Waals surface area contributed by atoms with Gasteiger partial charge in [0.05, 0.1) is 19.1 Å². The minimum Gasteiger partial charge on any atom is -0.466 e. The van der Waals surface area contributed by atoms with Crippen molar-refractivity contribution in [3.63, 3.8) is 0 Å². The molecular weight excluding hydrogens is 278 g/mol. The van der Waals surface area contributed by atoms with Gasteiger partial charge in [0.1, 0.15) is 0 Å². The zero-order valence-electron chi connectivity index (χ0n) is 13.8. The van der Waals surface area contributed by atoms with Gasteiger partial charge in [-0.05, 0) is 33.3 Å². The lowest BCUT2D eigenvalue weighted by molar-refractivity contribution is -0.144. The van der Waals surface area contributed by atoms with E-state index in [4.69, 9.17) is 4.74 Å². The zero-order valence-corrected chi connectivity index (χ0v) is 13.8. The van der Waals surface area contributed by atoms with E-state index in [2.05, 4.69) is 0 Å². The largest absolute Gasteiger partial charge is 0.466 e. The highest BCUT2D eigenvalue weighted by Gasteiger charge is 2.21. The highest BCUT2D eigenvalue weighted by molar-refractivity contribution is 5.88. The Morgan fingerprint density at radius 2 is 1.86 bits per heavy atom. The predicted molar refractivity (Wildman–Crippen MR) is 87.3 cm³/mol. The van der Waals surface area contributed by atoms with Crippen LogP contribution in [0, 0.1) is 0 Å². The van der Waals surface area contributed by atoms with Crippen LogP contribution in [0.4, 0.5) is 0 Å². The number of benzene rings is 1. The van der Waals surface area contributed by atoms with E-state index in [9.17, 15) is 9.59 Å². The Morgan fingerprint density at radius 1 is 1.23 bits per heavy atom. The van der Waals surface area contributed by atoms with Crippen LogP contribution in [0.3, 0.4) is 0 Å². The van der Waals surface area contributed by atoms with Gasteiger partial charge in [0, 0.05) is 12.6 Å². The Labute approximate surface area is 132 Å². The van der Waals surface area contributed by atoms with Gasteiger partial charge in [0.25, 0.3) is 0 Å². The molecule has 1 aromatic rings. The van der Waals surface area contributed by atoms with Crippen LogP contribution in [-0.2, 0) is 14.3 Å². The monoisotopic (exact) mass is 303 g/mol. The van der Waals surface area contributed by atoms with E-state index in [1.165, 1.54) is 0 Å². The van der Waals surface area contributed by atoms with Gasteiger partial charge in [0.2, 0.25) is 5.91 Å². The Hall–Kier alpha value is -2.10. The van der Waals surface area contributed by atoms with E-state index in [1.807, 2.05) is 51.1 Å². The minimum atomic E-state index is -0.280. The van der Waals surface area contributed by atoms with Crippen molar-refractivity contribution in [2.24, 2.45) is 0 Å². The van der Waals surface area contributed by atoms with Gasteiger partial charge in [-0.25, -0.2) is 0 Å². The molecule has 1 aromatic carbocycles. The molecule has 0 radical (unpaired) electrons. The van der Waals surface area contributed by atoms with Crippen molar-refractivity contribution in [3.8, 4) is 0 Å². The van der Waals surface area contributed by atoms with Crippen molar-refractivity contribution in [2.45, 2.75) is 40.2 Å². The van der Waals surface area contributed by atoms with E-state index in [0.717, 1.165) is 11.1 Å². The maximum atomic E-state index is 12.4. The molecule has 22 heavy (non-hydrogen) atoms. The summed E-state index contributed by atoms with van der Waals surface area (Å²) in [4.78, 5) is 25.7. The first-order valence-electron chi connectivity index (χ1n) is 7.61. The molecule has 0 aliphatic rings. The van der Waals surface area contributed by atoms with E-state index in [-0.39, 0.29) is 24.3 Å². The fourth-order valence-corrected chi connectivity index (χ4v) is 2.18. The normalized spacial score (nSPS) is 11.5. The van der Waals surface area contributed by atoms with Crippen LogP contribution in [0.5, 0.6) is 0 Å². The number of amides is 1. The van der Waals surface area contributed by atoms with E-state index in [1.54, 1.807) is 17.9 Å². The first-order valence-corrected chi connectivity index (χ1v) is 7.61. The molecule has 0 fully saturated rings. The maximum absolute atomic E-state index is 12.4. The van der Waals surface area contributed by atoms with Crippen LogP contribution in [0.25, 0.3) is 0 Å². The lowest BCUT2D eigenvalue weighted by Gasteiger charge is -2.28. The number of carbonyl (C=O) groups excluding carboxylic acids is 2. The van der Waals surface area contributed by atoms with Crippen molar-refractivity contribution in [1.29, 1.82) is 0 Å². The number of ether oxygens (including phenoxy) is 1. The van der Waals surface area contributed by atoms with Crippen LogP contribution in [-0.4, -0.2) is 29.9 Å². The topological polar surface area (TPSA) is 46.6 Å². The van der Waals surface area contributed by atoms with Crippen LogP contribution < -0.4 is 0 Å².